The van der Waals surface area contributed by atoms with Crippen LogP contribution >= 0.6 is 0 Å². The Balaban J connectivity index is 1.82. The minimum absolute atomic E-state index is 0.750. The molecule has 1 saturated carbocycles. The van der Waals surface area contributed by atoms with Gasteiger partial charge in [-0.3, -0.25) is 0 Å². The molecule has 2 fully saturated rings. The molecule has 2 atom stereocenters. The molecule has 0 bridgehead atoms. The number of hydrogen-bond acceptors (Lipinski definition) is 2. The summed E-state index contributed by atoms with van der Waals surface area (Å²) in [6, 6.07) is 0.750. The Bertz CT molecular complexity index is 211. The Kier molecular flexibility index (Phi) is 5.30. The quantitative estimate of drug-likeness (QED) is 0.792. The number of rotatable bonds is 5. The van der Waals surface area contributed by atoms with Crippen molar-refractivity contribution < 1.29 is 0 Å². The molecule has 1 aliphatic carbocycles. The van der Waals surface area contributed by atoms with E-state index in [1.54, 1.807) is 0 Å². The van der Waals surface area contributed by atoms with E-state index in [0.29, 0.717) is 0 Å². The largest absolute Gasteiger partial charge is 0.313 e. The molecule has 1 saturated heterocycles. The smallest absolute Gasteiger partial charge is 0.0198 e. The van der Waals surface area contributed by atoms with Crippen LogP contribution in [0.25, 0.3) is 0 Å². The van der Waals surface area contributed by atoms with Crippen molar-refractivity contribution in [2.75, 3.05) is 26.2 Å². The Labute approximate surface area is 107 Å². The van der Waals surface area contributed by atoms with Crippen molar-refractivity contribution in [1.29, 1.82) is 0 Å². The van der Waals surface area contributed by atoms with E-state index in [0.717, 1.165) is 24.4 Å². The summed E-state index contributed by atoms with van der Waals surface area (Å²) in [5.41, 5.74) is 0. The fourth-order valence-corrected chi connectivity index (χ4v) is 3.74. The third kappa shape index (κ3) is 3.96. The lowest BCUT2D eigenvalue weighted by Gasteiger charge is -2.39. The van der Waals surface area contributed by atoms with Gasteiger partial charge < -0.3 is 10.2 Å². The number of likely N-dealkylation sites (N-methyl/N-ethyl adjacent to an activating group) is 1. The van der Waals surface area contributed by atoms with Crippen LogP contribution in [0.2, 0.25) is 0 Å². The van der Waals surface area contributed by atoms with Gasteiger partial charge in [-0.2, -0.15) is 0 Å². The van der Waals surface area contributed by atoms with Gasteiger partial charge in [0.2, 0.25) is 0 Å². The molecule has 0 aromatic carbocycles. The molecule has 2 aliphatic rings. The second kappa shape index (κ2) is 6.75. The molecule has 0 amide bonds. The van der Waals surface area contributed by atoms with Crippen LogP contribution in [0.5, 0.6) is 0 Å². The van der Waals surface area contributed by atoms with Gasteiger partial charge in [-0.15, -0.1) is 0 Å². The summed E-state index contributed by atoms with van der Waals surface area (Å²) in [6.07, 6.45) is 8.67. The zero-order valence-electron chi connectivity index (χ0n) is 11.8. The van der Waals surface area contributed by atoms with Crippen LogP contribution in [-0.2, 0) is 0 Å². The van der Waals surface area contributed by atoms with Gasteiger partial charge in [0.1, 0.15) is 0 Å². The first-order valence-corrected chi connectivity index (χ1v) is 7.77. The van der Waals surface area contributed by atoms with Crippen LogP contribution in [0.1, 0.15) is 52.4 Å². The normalized spacial score (nSPS) is 32.1. The lowest BCUT2D eigenvalue weighted by Crippen LogP contribution is -2.50. The predicted molar refractivity (Wildman–Crippen MR) is 74.3 cm³/mol. The minimum Gasteiger partial charge on any atom is -0.313 e. The van der Waals surface area contributed by atoms with E-state index < -0.39 is 0 Å². The molecule has 0 aromatic rings. The third-order valence-electron chi connectivity index (χ3n) is 4.67. The van der Waals surface area contributed by atoms with Crippen molar-refractivity contribution in [2.45, 2.75) is 58.4 Å². The first-order chi connectivity index (χ1) is 8.31. The standard InChI is InChI=1S/C15H30N2/c1-3-13-9-15(16-4-2)12-17(10-13)11-14-7-5-6-8-14/h13-16H,3-12H2,1-2H3. The highest BCUT2D eigenvalue weighted by Gasteiger charge is 2.27. The third-order valence-corrected chi connectivity index (χ3v) is 4.67. The van der Waals surface area contributed by atoms with Crippen LogP contribution in [0.3, 0.4) is 0 Å². The minimum atomic E-state index is 0.750. The Hall–Kier alpha value is -0.0800. The summed E-state index contributed by atoms with van der Waals surface area (Å²) >= 11 is 0. The van der Waals surface area contributed by atoms with E-state index in [1.807, 2.05) is 0 Å². The van der Waals surface area contributed by atoms with Crippen molar-refractivity contribution in [3.8, 4) is 0 Å². The molecule has 2 rings (SSSR count). The second-order valence-electron chi connectivity index (χ2n) is 6.13. The van der Waals surface area contributed by atoms with Gasteiger partial charge in [0.05, 0.1) is 0 Å². The molecule has 2 nitrogen and oxygen atoms in total. The summed E-state index contributed by atoms with van der Waals surface area (Å²) in [4.78, 5) is 2.75. The van der Waals surface area contributed by atoms with Crippen LogP contribution in [-0.4, -0.2) is 37.1 Å². The second-order valence-corrected chi connectivity index (χ2v) is 6.13. The van der Waals surface area contributed by atoms with Gasteiger partial charge in [-0.1, -0.05) is 33.1 Å². The molecule has 1 aliphatic heterocycles. The van der Waals surface area contributed by atoms with Crippen molar-refractivity contribution >= 4 is 0 Å². The molecule has 17 heavy (non-hydrogen) atoms. The van der Waals surface area contributed by atoms with Crippen molar-refractivity contribution in [3.05, 3.63) is 0 Å². The maximum Gasteiger partial charge on any atom is 0.0198 e. The molecule has 0 spiro atoms. The topological polar surface area (TPSA) is 15.3 Å². The Morgan fingerprint density at radius 2 is 1.82 bits per heavy atom. The first-order valence-electron chi connectivity index (χ1n) is 7.77. The highest BCUT2D eigenvalue weighted by Crippen LogP contribution is 2.28. The zero-order valence-corrected chi connectivity index (χ0v) is 11.8. The first kappa shape index (κ1) is 13.4. The molecule has 1 N–H and O–H groups in total. The SMILES string of the molecule is CCNC1CC(CC)CN(CC2CCCC2)C1. The monoisotopic (exact) mass is 238 g/mol. The van der Waals surface area contributed by atoms with Crippen LogP contribution in [0, 0.1) is 11.8 Å². The maximum absolute atomic E-state index is 3.66. The summed E-state index contributed by atoms with van der Waals surface area (Å²) in [6.45, 7) is 9.73. The van der Waals surface area contributed by atoms with Crippen LogP contribution < -0.4 is 5.32 Å². The lowest BCUT2D eigenvalue weighted by atomic mass is 9.91. The summed E-state index contributed by atoms with van der Waals surface area (Å²) in [5, 5.41) is 3.66. The van der Waals surface area contributed by atoms with E-state index in [4.69, 9.17) is 0 Å². The highest BCUT2D eigenvalue weighted by atomic mass is 15.2. The molecule has 2 heteroatoms. The van der Waals surface area contributed by atoms with E-state index in [1.165, 1.54) is 58.2 Å². The molecule has 100 valence electrons. The van der Waals surface area contributed by atoms with Crippen LogP contribution in [0.4, 0.5) is 0 Å². The van der Waals surface area contributed by atoms with Gasteiger partial charge in [-0.05, 0) is 37.6 Å². The van der Waals surface area contributed by atoms with Crippen molar-refractivity contribution in [3.63, 3.8) is 0 Å². The number of piperidine rings is 1. The maximum atomic E-state index is 3.66. The fourth-order valence-electron chi connectivity index (χ4n) is 3.74. The van der Waals surface area contributed by atoms with Gasteiger partial charge in [0.25, 0.3) is 0 Å². The van der Waals surface area contributed by atoms with Gasteiger partial charge in [0, 0.05) is 25.7 Å². The average Bonchev–Trinajstić information content (AvgIpc) is 2.82. The number of nitrogens with one attached hydrogen (secondary N) is 1. The lowest BCUT2D eigenvalue weighted by molar-refractivity contribution is 0.122. The van der Waals surface area contributed by atoms with E-state index in [2.05, 4.69) is 24.1 Å². The van der Waals surface area contributed by atoms with E-state index in [9.17, 15) is 0 Å². The fraction of sp³-hybridized carbons (Fsp3) is 1.00. The molecule has 1 heterocycles. The number of nitrogens with zero attached hydrogens (tertiary/aromatic N) is 1. The van der Waals surface area contributed by atoms with Gasteiger partial charge in [-0.25, -0.2) is 0 Å². The molecule has 0 radical (unpaired) electrons. The van der Waals surface area contributed by atoms with E-state index in [-0.39, 0.29) is 0 Å². The molecular weight excluding hydrogens is 208 g/mol. The van der Waals surface area contributed by atoms with Crippen LogP contribution in [0.15, 0.2) is 0 Å². The summed E-state index contributed by atoms with van der Waals surface area (Å²) in [5.74, 6) is 1.93. The predicted octanol–water partition coefficient (Wildman–Crippen LogP) is 2.89. The Morgan fingerprint density at radius 3 is 2.47 bits per heavy atom. The summed E-state index contributed by atoms with van der Waals surface area (Å²) < 4.78 is 0. The molecule has 2 unspecified atom stereocenters. The average molecular weight is 238 g/mol. The van der Waals surface area contributed by atoms with Crippen molar-refractivity contribution in [2.24, 2.45) is 11.8 Å². The van der Waals surface area contributed by atoms with E-state index >= 15 is 0 Å². The van der Waals surface area contributed by atoms with Gasteiger partial charge >= 0.3 is 0 Å². The Morgan fingerprint density at radius 1 is 1.06 bits per heavy atom. The van der Waals surface area contributed by atoms with Gasteiger partial charge in [0.15, 0.2) is 0 Å². The number of likely N-dealkylation sites (tertiary alicyclic amines) is 1. The van der Waals surface area contributed by atoms with Crippen molar-refractivity contribution in [1.82, 2.24) is 10.2 Å². The molecular formula is C15H30N2. The number of hydrogen-bond donors (Lipinski definition) is 1. The highest BCUT2D eigenvalue weighted by molar-refractivity contribution is 4.84. The summed E-state index contributed by atoms with van der Waals surface area (Å²) in [7, 11) is 0. The zero-order chi connectivity index (χ0) is 12.1. The molecule has 0 aromatic heterocycles.